The highest BCUT2D eigenvalue weighted by molar-refractivity contribution is 4.64. The van der Waals surface area contributed by atoms with Crippen molar-refractivity contribution in [3.63, 3.8) is 0 Å². The van der Waals surface area contributed by atoms with Crippen molar-refractivity contribution in [3.8, 4) is 0 Å². The molecule has 0 saturated carbocycles. The molecule has 0 amide bonds. The van der Waals surface area contributed by atoms with E-state index in [2.05, 4.69) is 19.2 Å². The van der Waals surface area contributed by atoms with Gasteiger partial charge in [-0.3, -0.25) is 0 Å². The van der Waals surface area contributed by atoms with Crippen molar-refractivity contribution in [2.45, 2.75) is 58.8 Å². The Labute approximate surface area is 108 Å². The summed E-state index contributed by atoms with van der Waals surface area (Å²) in [5.41, 5.74) is 0. The maximum atomic E-state index is 5.39. The van der Waals surface area contributed by atoms with Crippen molar-refractivity contribution >= 4 is 0 Å². The SMILES string of the molecule is CCNCC(C)CCCCCC1CCOCC1. The number of ether oxygens (including phenoxy) is 1. The van der Waals surface area contributed by atoms with Crippen LogP contribution in [0.15, 0.2) is 0 Å². The lowest BCUT2D eigenvalue weighted by Crippen LogP contribution is -2.20. The van der Waals surface area contributed by atoms with E-state index in [1.807, 2.05) is 0 Å². The zero-order chi connectivity index (χ0) is 12.3. The summed E-state index contributed by atoms with van der Waals surface area (Å²) in [4.78, 5) is 0. The van der Waals surface area contributed by atoms with Gasteiger partial charge in [0.25, 0.3) is 0 Å². The summed E-state index contributed by atoms with van der Waals surface area (Å²) in [7, 11) is 0. The molecule has 0 aromatic rings. The second kappa shape index (κ2) is 9.90. The van der Waals surface area contributed by atoms with Crippen LogP contribution in [-0.2, 0) is 4.74 Å². The van der Waals surface area contributed by atoms with Gasteiger partial charge < -0.3 is 10.1 Å². The van der Waals surface area contributed by atoms with Crippen LogP contribution in [0.5, 0.6) is 0 Å². The summed E-state index contributed by atoms with van der Waals surface area (Å²) in [5, 5.41) is 3.43. The molecule has 0 aromatic carbocycles. The fourth-order valence-electron chi connectivity index (χ4n) is 2.63. The number of nitrogens with one attached hydrogen (secondary N) is 1. The number of rotatable bonds is 9. The number of hydrogen-bond donors (Lipinski definition) is 1. The van der Waals surface area contributed by atoms with Gasteiger partial charge in [0.1, 0.15) is 0 Å². The lowest BCUT2D eigenvalue weighted by atomic mass is 9.93. The lowest BCUT2D eigenvalue weighted by molar-refractivity contribution is 0.0631. The van der Waals surface area contributed by atoms with Crippen LogP contribution in [-0.4, -0.2) is 26.3 Å². The Morgan fingerprint density at radius 1 is 1.18 bits per heavy atom. The van der Waals surface area contributed by atoms with Gasteiger partial charge in [0.05, 0.1) is 0 Å². The molecule has 1 heterocycles. The van der Waals surface area contributed by atoms with E-state index in [-0.39, 0.29) is 0 Å². The van der Waals surface area contributed by atoms with Gasteiger partial charge in [-0.2, -0.15) is 0 Å². The molecule has 0 spiro atoms. The van der Waals surface area contributed by atoms with Gasteiger partial charge >= 0.3 is 0 Å². The van der Waals surface area contributed by atoms with Crippen LogP contribution < -0.4 is 5.32 Å². The minimum atomic E-state index is 0.845. The largest absolute Gasteiger partial charge is 0.381 e. The van der Waals surface area contributed by atoms with Crippen LogP contribution in [0.2, 0.25) is 0 Å². The summed E-state index contributed by atoms with van der Waals surface area (Å²) in [6.45, 7) is 8.85. The molecule has 17 heavy (non-hydrogen) atoms. The summed E-state index contributed by atoms with van der Waals surface area (Å²) in [5.74, 6) is 1.81. The molecular weight excluding hydrogens is 210 g/mol. The minimum absolute atomic E-state index is 0.845. The van der Waals surface area contributed by atoms with E-state index >= 15 is 0 Å². The first-order chi connectivity index (χ1) is 8.33. The van der Waals surface area contributed by atoms with Gasteiger partial charge in [0, 0.05) is 13.2 Å². The van der Waals surface area contributed by atoms with Gasteiger partial charge in [-0.1, -0.05) is 39.5 Å². The molecule has 0 aromatic heterocycles. The molecule has 1 N–H and O–H groups in total. The molecule has 1 fully saturated rings. The molecule has 1 aliphatic rings. The molecule has 2 heteroatoms. The maximum Gasteiger partial charge on any atom is 0.0468 e. The molecule has 1 aliphatic heterocycles. The van der Waals surface area contributed by atoms with Crippen molar-refractivity contribution < 1.29 is 4.74 Å². The predicted octanol–water partition coefficient (Wildman–Crippen LogP) is 3.61. The Balaban J connectivity index is 1.86. The van der Waals surface area contributed by atoms with Crippen LogP contribution in [0.3, 0.4) is 0 Å². The standard InChI is InChI=1S/C15H31NO/c1-3-16-13-14(2)7-5-4-6-8-15-9-11-17-12-10-15/h14-16H,3-13H2,1-2H3. The highest BCUT2D eigenvalue weighted by atomic mass is 16.5. The van der Waals surface area contributed by atoms with Crippen LogP contribution >= 0.6 is 0 Å². The normalized spacial score (nSPS) is 19.4. The monoisotopic (exact) mass is 241 g/mol. The molecule has 0 radical (unpaired) electrons. The second-order valence-electron chi connectivity index (χ2n) is 5.61. The Bertz CT molecular complexity index is 166. The molecule has 1 rings (SSSR count). The molecule has 2 nitrogen and oxygen atoms in total. The molecule has 1 unspecified atom stereocenters. The van der Waals surface area contributed by atoms with Crippen molar-refractivity contribution in [1.82, 2.24) is 5.32 Å². The summed E-state index contributed by atoms with van der Waals surface area (Å²) in [6.07, 6.45) is 9.70. The van der Waals surface area contributed by atoms with Gasteiger partial charge in [-0.05, 0) is 44.2 Å². The highest BCUT2D eigenvalue weighted by Gasteiger charge is 2.12. The Morgan fingerprint density at radius 3 is 2.65 bits per heavy atom. The van der Waals surface area contributed by atoms with E-state index < -0.39 is 0 Å². The first kappa shape index (κ1) is 15.0. The van der Waals surface area contributed by atoms with Gasteiger partial charge in [0.2, 0.25) is 0 Å². The zero-order valence-corrected chi connectivity index (χ0v) is 11.8. The molecule has 0 bridgehead atoms. The summed E-state index contributed by atoms with van der Waals surface area (Å²) >= 11 is 0. The Morgan fingerprint density at radius 2 is 1.94 bits per heavy atom. The van der Waals surface area contributed by atoms with Gasteiger partial charge in [-0.15, -0.1) is 0 Å². The van der Waals surface area contributed by atoms with E-state index in [4.69, 9.17) is 4.74 Å². The van der Waals surface area contributed by atoms with E-state index in [0.29, 0.717) is 0 Å². The maximum absolute atomic E-state index is 5.39. The Hall–Kier alpha value is -0.0800. The smallest absolute Gasteiger partial charge is 0.0468 e. The minimum Gasteiger partial charge on any atom is -0.381 e. The average Bonchev–Trinajstić information content (AvgIpc) is 2.37. The average molecular weight is 241 g/mol. The first-order valence-corrected chi connectivity index (χ1v) is 7.61. The van der Waals surface area contributed by atoms with Crippen LogP contribution in [0, 0.1) is 11.8 Å². The Kier molecular flexibility index (Phi) is 8.72. The predicted molar refractivity (Wildman–Crippen MR) is 74.3 cm³/mol. The van der Waals surface area contributed by atoms with E-state index in [1.165, 1.54) is 51.5 Å². The quantitative estimate of drug-likeness (QED) is 0.623. The van der Waals surface area contributed by atoms with Gasteiger partial charge in [0.15, 0.2) is 0 Å². The van der Waals surface area contributed by atoms with Crippen molar-refractivity contribution in [3.05, 3.63) is 0 Å². The third-order valence-electron chi connectivity index (χ3n) is 3.89. The topological polar surface area (TPSA) is 21.3 Å². The van der Waals surface area contributed by atoms with Gasteiger partial charge in [-0.25, -0.2) is 0 Å². The number of hydrogen-bond acceptors (Lipinski definition) is 2. The highest BCUT2D eigenvalue weighted by Crippen LogP contribution is 2.21. The third-order valence-corrected chi connectivity index (χ3v) is 3.89. The van der Waals surface area contributed by atoms with Crippen molar-refractivity contribution in [1.29, 1.82) is 0 Å². The molecule has 102 valence electrons. The first-order valence-electron chi connectivity index (χ1n) is 7.61. The van der Waals surface area contributed by atoms with Crippen LogP contribution in [0.1, 0.15) is 58.8 Å². The van der Waals surface area contributed by atoms with Crippen molar-refractivity contribution in [2.24, 2.45) is 11.8 Å². The third kappa shape index (κ3) is 7.77. The fourth-order valence-corrected chi connectivity index (χ4v) is 2.63. The molecule has 1 atom stereocenters. The fraction of sp³-hybridized carbons (Fsp3) is 1.00. The molecule has 1 saturated heterocycles. The van der Waals surface area contributed by atoms with Crippen LogP contribution in [0.4, 0.5) is 0 Å². The lowest BCUT2D eigenvalue weighted by Gasteiger charge is -2.21. The summed E-state index contributed by atoms with van der Waals surface area (Å²) in [6, 6.07) is 0. The number of unbranched alkanes of at least 4 members (excludes halogenated alkanes) is 2. The van der Waals surface area contributed by atoms with E-state index in [9.17, 15) is 0 Å². The summed E-state index contributed by atoms with van der Waals surface area (Å²) < 4.78 is 5.39. The van der Waals surface area contributed by atoms with Crippen molar-refractivity contribution in [2.75, 3.05) is 26.3 Å². The molecule has 0 aliphatic carbocycles. The molecular formula is C15H31NO. The second-order valence-corrected chi connectivity index (χ2v) is 5.61. The zero-order valence-electron chi connectivity index (χ0n) is 11.8. The van der Waals surface area contributed by atoms with Crippen LogP contribution in [0.25, 0.3) is 0 Å². The van der Waals surface area contributed by atoms with E-state index in [1.54, 1.807) is 0 Å². The van der Waals surface area contributed by atoms with E-state index in [0.717, 1.165) is 31.6 Å².